The van der Waals surface area contributed by atoms with E-state index in [1.165, 1.54) is 49.5 Å². The van der Waals surface area contributed by atoms with Crippen molar-refractivity contribution in [3.63, 3.8) is 0 Å². The van der Waals surface area contributed by atoms with Crippen LogP contribution in [0.15, 0.2) is 288 Å². The summed E-state index contributed by atoms with van der Waals surface area (Å²) in [6.45, 7) is 0. The van der Waals surface area contributed by atoms with Crippen molar-refractivity contribution in [3.05, 3.63) is 301 Å². The van der Waals surface area contributed by atoms with Gasteiger partial charge in [0, 0.05) is 44.0 Å². The Morgan fingerprint density at radius 1 is 0.273 bits per heavy atom. The summed E-state index contributed by atoms with van der Waals surface area (Å²) in [7, 11) is 0. The highest BCUT2D eigenvalue weighted by Crippen LogP contribution is 2.61. The normalized spacial score (nSPS) is 12.8. The third-order valence-corrected chi connectivity index (χ3v) is 16.2. The van der Waals surface area contributed by atoms with E-state index >= 15 is 0 Å². The van der Waals surface area contributed by atoms with Gasteiger partial charge < -0.3 is 18.6 Å². The SMILES string of the molecule is c1ccc(N(c2ccc3c(c2)C(c2ccccc2)(c2ccccc2)c2cc(N(c4ccccc4)c4cccc5c4oc4cc6ccccc6cc45)c4ccccc4c2-3)c2cccc3c2oc2cc4ccccc4cc23)cc1. The van der Waals surface area contributed by atoms with Crippen molar-refractivity contribution in [2.45, 2.75) is 5.41 Å². The zero-order valence-corrected chi connectivity index (χ0v) is 41.8. The number of furan rings is 2. The van der Waals surface area contributed by atoms with Gasteiger partial charge in [0.15, 0.2) is 11.2 Å². The summed E-state index contributed by atoms with van der Waals surface area (Å²) in [6.07, 6.45) is 0. The minimum Gasteiger partial charge on any atom is -0.454 e. The Morgan fingerprint density at radius 2 is 0.714 bits per heavy atom. The molecule has 2 aromatic heterocycles. The van der Waals surface area contributed by atoms with Gasteiger partial charge in [-0.15, -0.1) is 0 Å². The van der Waals surface area contributed by atoms with Gasteiger partial charge in [0.1, 0.15) is 11.2 Å². The third-order valence-electron chi connectivity index (χ3n) is 16.2. The van der Waals surface area contributed by atoms with Gasteiger partial charge in [0.25, 0.3) is 0 Å². The summed E-state index contributed by atoms with van der Waals surface area (Å²) >= 11 is 0. The summed E-state index contributed by atoms with van der Waals surface area (Å²) in [5.74, 6) is 0. The van der Waals surface area contributed by atoms with Gasteiger partial charge in [-0.3, -0.25) is 0 Å². The molecule has 1 aliphatic rings. The van der Waals surface area contributed by atoms with Crippen LogP contribution in [-0.2, 0) is 5.41 Å². The molecule has 4 heteroatoms. The van der Waals surface area contributed by atoms with Crippen LogP contribution >= 0.6 is 0 Å². The quantitative estimate of drug-likeness (QED) is 0.152. The standard InChI is InChI=1S/C73H46N2O2/c1-5-25-51(26-6-1)73(52-27-7-2-8-28-52)63-45-55(74(53-29-9-3-10-30-53)65-37-19-35-58-61-41-47-21-13-15-23-49(47)43-68(61)76-71(58)65)39-40-60(63)70-57-34-18-17-33-56(57)67(46-64(70)73)75(54-31-11-4-12-32-54)66-38-20-36-59-62-42-48-22-14-16-24-50(48)44-69(62)77-72(59)66/h1-46H. The predicted molar refractivity (Wildman–Crippen MR) is 320 cm³/mol. The largest absolute Gasteiger partial charge is 0.454 e. The van der Waals surface area contributed by atoms with Crippen LogP contribution in [0.2, 0.25) is 0 Å². The molecule has 0 N–H and O–H groups in total. The lowest BCUT2D eigenvalue weighted by atomic mass is 9.67. The van der Waals surface area contributed by atoms with Crippen molar-refractivity contribution < 1.29 is 8.83 Å². The summed E-state index contributed by atoms with van der Waals surface area (Å²) < 4.78 is 14.1. The predicted octanol–water partition coefficient (Wildman–Crippen LogP) is 20.2. The Balaban J connectivity index is 0.985. The smallest absolute Gasteiger partial charge is 0.159 e. The number of nitrogens with zero attached hydrogens (tertiary/aromatic N) is 2. The number of fused-ring (bicyclic) bond motifs is 13. The van der Waals surface area contributed by atoms with E-state index in [1.54, 1.807) is 0 Å². The molecule has 0 bridgehead atoms. The lowest BCUT2D eigenvalue weighted by Crippen LogP contribution is -2.29. The minimum absolute atomic E-state index is 0.774. The average molecular weight is 983 g/mol. The van der Waals surface area contributed by atoms with E-state index in [-0.39, 0.29) is 0 Å². The summed E-state index contributed by atoms with van der Waals surface area (Å²) in [4.78, 5) is 4.81. The maximum absolute atomic E-state index is 7.07. The molecule has 1 aliphatic carbocycles. The van der Waals surface area contributed by atoms with Crippen LogP contribution < -0.4 is 9.80 Å². The maximum Gasteiger partial charge on any atom is 0.159 e. The topological polar surface area (TPSA) is 32.8 Å². The van der Waals surface area contributed by atoms with Crippen LogP contribution in [0.1, 0.15) is 22.3 Å². The first-order valence-electron chi connectivity index (χ1n) is 26.4. The lowest BCUT2D eigenvalue weighted by Gasteiger charge is -2.36. The van der Waals surface area contributed by atoms with Gasteiger partial charge in [-0.25, -0.2) is 0 Å². The Morgan fingerprint density at radius 3 is 1.26 bits per heavy atom. The molecule has 0 fully saturated rings. The number of benzene rings is 13. The number of rotatable bonds is 8. The molecule has 0 radical (unpaired) electrons. The van der Waals surface area contributed by atoms with Crippen molar-refractivity contribution >= 4 is 110 Å². The third kappa shape index (κ3) is 6.46. The highest BCUT2D eigenvalue weighted by atomic mass is 16.3. The molecule has 15 aromatic rings. The molecule has 0 saturated heterocycles. The summed E-state index contributed by atoms with van der Waals surface area (Å²) in [5, 5.41) is 11.3. The molecule has 360 valence electrons. The first kappa shape index (κ1) is 43.3. The van der Waals surface area contributed by atoms with Crippen LogP contribution in [0, 0.1) is 0 Å². The lowest BCUT2D eigenvalue weighted by molar-refractivity contribution is 0.669. The van der Waals surface area contributed by atoms with Gasteiger partial charge >= 0.3 is 0 Å². The zero-order chi connectivity index (χ0) is 50.6. The molecule has 77 heavy (non-hydrogen) atoms. The fourth-order valence-corrected chi connectivity index (χ4v) is 12.9. The first-order chi connectivity index (χ1) is 38.2. The Labute approximate surface area is 444 Å². The highest BCUT2D eigenvalue weighted by molar-refractivity contribution is 6.17. The molecular formula is C73H46N2O2. The minimum atomic E-state index is -0.774. The van der Waals surface area contributed by atoms with E-state index in [2.05, 4.69) is 289 Å². The summed E-state index contributed by atoms with van der Waals surface area (Å²) in [5.41, 5.74) is 15.9. The van der Waals surface area contributed by atoms with Gasteiger partial charge in [-0.1, -0.05) is 200 Å². The maximum atomic E-state index is 7.07. The Kier molecular flexibility index (Phi) is 9.52. The molecule has 13 aromatic carbocycles. The molecule has 4 nitrogen and oxygen atoms in total. The molecule has 16 rings (SSSR count). The van der Waals surface area contributed by atoms with Crippen molar-refractivity contribution in [2.24, 2.45) is 0 Å². The average Bonchev–Trinajstić information content (AvgIpc) is 4.22. The Bertz CT molecular complexity index is 4770. The van der Waals surface area contributed by atoms with Gasteiger partial charge in [-0.2, -0.15) is 0 Å². The van der Waals surface area contributed by atoms with E-state index in [4.69, 9.17) is 8.83 Å². The Hall–Kier alpha value is -10.2. The molecule has 0 spiro atoms. The number of hydrogen-bond acceptors (Lipinski definition) is 4. The molecule has 0 amide bonds. The molecule has 0 atom stereocenters. The van der Waals surface area contributed by atoms with Gasteiger partial charge in [0.2, 0.25) is 0 Å². The van der Waals surface area contributed by atoms with Crippen LogP contribution in [0.4, 0.5) is 34.1 Å². The van der Waals surface area contributed by atoms with Crippen molar-refractivity contribution in [3.8, 4) is 11.1 Å². The zero-order valence-electron chi connectivity index (χ0n) is 41.8. The van der Waals surface area contributed by atoms with Crippen molar-refractivity contribution in [1.82, 2.24) is 0 Å². The molecule has 0 saturated carbocycles. The first-order valence-corrected chi connectivity index (χ1v) is 26.4. The van der Waals surface area contributed by atoms with E-state index in [0.717, 1.165) is 94.2 Å². The highest BCUT2D eigenvalue weighted by Gasteiger charge is 2.48. The number of hydrogen-bond donors (Lipinski definition) is 0. The second kappa shape index (κ2) is 16.9. The van der Waals surface area contributed by atoms with Crippen LogP contribution in [0.5, 0.6) is 0 Å². The van der Waals surface area contributed by atoms with Crippen molar-refractivity contribution in [1.29, 1.82) is 0 Å². The molecule has 0 aliphatic heterocycles. The van der Waals surface area contributed by atoms with E-state index in [9.17, 15) is 0 Å². The second-order valence-electron chi connectivity index (χ2n) is 20.3. The molecule has 0 unspecified atom stereocenters. The van der Waals surface area contributed by atoms with Crippen molar-refractivity contribution in [2.75, 3.05) is 9.80 Å². The van der Waals surface area contributed by atoms with E-state index in [1.807, 2.05) is 0 Å². The van der Waals surface area contributed by atoms with Crippen LogP contribution in [-0.4, -0.2) is 0 Å². The summed E-state index contributed by atoms with van der Waals surface area (Å²) in [6, 6.07) is 101. The van der Waals surface area contributed by atoms with Crippen LogP contribution in [0.3, 0.4) is 0 Å². The van der Waals surface area contributed by atoms with E-state index in [0.29, 0.717) is 0 Å². The number of para-hydroxylation sites is 4. The fourth-order valence-electron chi connectivity index (χ4n) is 12.9. The molecular weight excluding hydrogens is 937 g/mol. The van der Waals surface area contributed by atoms with E-state index < -0.39 is 5.41 Å². The van der Waals surface area contributed by atoms with Gasteiger partial charge in [0.05, 0.1) is 22.5 Å². The fraction of sp³-hybridized carbons (Fsp3) is 0.0137. The second-order valence-corrected chi connectivity index (χ2v) is 20.3. The molecule has 2 heterocycles. The van der Waals surface area contributed by atoms with Crippen LogP contribution in [0.25, 0.3) is 87.3 Å². The van der Waals surface area contributed by atoms with Gasteiger partial charge in [-0.05, 0) is 139 Å². The monoisotopic (exact) mass is 982 g/mol. The number of anilines is 6.